The lowest BCUT2D eigenvalue weighted by atomic mass is 9.98. The first-order valence-corrected chi connectivity index (χ1v) is 6.22. The first-order valence-electron chi connectivity index (χ1n) is 6.22. The van der Waals surface area contributed by atoms with Gasteiger partial charge in [-0.3, -0.25) is 0 Å². The van der Waals surface area contributed by atoms with Crippen molar-refractivity contribution in [2.45, 2.75) is 51.0 Å². The highest BCUT2D eigenvalue weighted by molar-refractivity contribution is 5.32. The van der Waals surface area contributed by atoms with Crippen LogP contribution in [0.15, 0.2) is 6.33 Å². The molecule has 1 heterocycles. The lowest BCUT2D eigenvalue weighted by molar-refractivity contribution is 0.387. The number of hydrogen-bond acceptors (Lipinski definition) is 4. The van der Waals surface area contributed by atoms with Gasteiger partial charge in [0.15, 0.2) is 0 Å². The van der Waals surface area contributed by atoms with Crippen LogP contribution < -0.4 is 10.5 Å². The second-order valence-corrected chi connectivity index (χ2v) is 5.26. The fourth-order valence-electron chi connectivity index (χ4n) is 2.10. The standard InChI is InChI=1S/C13H21N3O/c1-9(2)11-10(4-5-13(14)6-7-13)12(17-3)16-8-15-11/h8-9H,4-7,14H2,1-3H3. The van der Waals surface area contributed by atoms with Gasteiger partial charge in [0.1, 0.15) is 6.33 Å². The Balaban J connectivity index is 2.21. The zero-order valence-electron chi connectivity index (χ0n) is 10.9. The van der Waals surface area contributed by atoms with Gasteiger partial charge in [-0.25, -0.2) is 9.97 Å². The highest BCUT2D eigenvalue weighted by atomic mass is 16.5. The van der Waals surface area contributed by atoms with E-state index in [0.29, 0.717) is 11.8 Å². The van der Waals surface area contributed by atoms with Gasteiger partial charge in [0, 0.05) is 11.1 Å². The van der Waals surface area contributed by atoms with Gasteiger partial charge in [0.2, 0.25) is 5.88 Å². The third-order valence-electron chi connectivity index (χ3n) is 3.44. The third-order valence-corrected chi connectivity index (χ3v) is 3.44. The van der Waals surface area contributed by atoms with Gasteiger partial charge in [-0.1, -0.05) is 13.8 Å². The summed E-state index contributed by atoms with van der Waals surface area (Å²) < 4.78 is 5.33. The molecule has 1 aromatic heterocycles. The number of methoxy groups -OCH3 is 1. The predicted octanol–water partition coefficient (Wildman–Crippen LogP) is 2.03. The SMILES string of the molecule is COc1ncnc(C(C)C)c1CCC1(N)CC1. The Morgan fingerprint density at radius 3 is 2.65 bits per heavy atom. The lowest BCUT2D eigenvalue weighted by Crippen LogP contribution is -2.22. The van der Waals surface area contributed by atoms with Crippen molar-refractivity contribution >= 4 is 0 Å². The minimum Gasteiger partial charge on any atom is -0.481 e. The zero-order chi connectivity index (χ0) is 12.5. The summed E-state index contributed by atoms with van der Waals surface area (Å²) in [5.41, 5.74) is 8.41. The summed E-state index contributed by atoms with van der Waals surface area (Å²) >= 11 is 0. The molecule has 0 saturated heterocycles. The molecule has 2 N–H and O–H groups in total. The minimum atomic E-state index is 0.0646. The molecule has 0 aliphatic heterocycles. The molecule has 0 amide bonds. The molecule has 4 nitrogen and oxygen atoms in total. The fourth-order valence-corrected chi connectivity index (χ4v) is 2.10. The van der Waals surface area contributed by atoms with Crippen molar-refractivity contribution in [3.05, 3.63) is 17.6 Å². The summed E-state index contributed by atoms with van der Waals surface area (Å²) in [4.78, 5) is 8.56. The Bertz CT molecular complexity index is 400. The Kier molecular flexibility index (Phi) is 3.33. The Morgan fingerprint density at radius 1 is 1.41 bits per heavy atom. The normalized spacial score (nSPS) is 17.2. The number of nitrogens with two attached hydrogens (primary N) is 1. The lowest BCUT2D eigenvalue weighted by Gasteiger charge is -2.15. The van der Waals surface area contributed by atoms with E-state index in [1.54, 1.807) is 13.4 Å². The fraction of sp³-hybridized carbons (Fsp3) is 0.692. The molecular formula is C13H21N3O. The van der Waals surface area contributed by atoms with E-state index in [-0.39, 0.29) is 5.54 Å². The maximum atomic E-state index is 6.13. The van der Waals surface area contributed by atoms with Crippen LogP contribution in [0.4, 0.5) is 0 Å². The molecule has 0 spiro atoms. The molecule has 2 rings (SSSR count). The van der Waals surface area contributed by atoms with Crippen LogP contribution in [0.25, 0.3) is 0 Å². The molecule has 4 heteroatoms. The highest BCUT2D eigenvalue weighted by Crippen LogP contribution is 2.38. The molecule has 1 fully saturated rings. The third kappa shape index (κ3) is 2.75. The quantitative estimate of drug-likeness (QED) is 0.848. The average molecular weight is 235 g/mol. The second kappa shape index (κ2) is 4.61. The van der Waals surface area contributed by atoms with E-state index in [0.717, 1.165) is 36.9 Å². The van der Waals surface area contributed by atoms with Gasteiger partial charge < -0.3 is 10.5 Å². The molecule has 1 aliphatic rings. The van der Waals surface area contributed by atoms with Crippen LogP contribution in [-0.4, -0.2) is 22.6 Å². The summed E-state index contributed by atoms with van der Waals surface area (Å²) in [6.45, 7) is 4.28. The predicted molar refractivity (Wildman–Crippen MR) is 67.1 cm³/mol. The monoisotopic (exact) mass is 235 g/mol. The van der Waals surface area contributed by atoms with Crippen LogP contribution >= 0.6 is 0 Å². The van der Waals surface area contributed by atoms with Crippen molar-refractivity contribution in [2.24, 2.45) is 5.73 Å². The number of nitrogens with zero attached hydrogens (tertiary/aromatic N) is 2. The van der Waals surface area contributed by atoms with Crippen LogP contribution in [0.2, 0.25) is 0 Å². The van der Waals surface area contributed by atoms with E-state index in [1.165, 1.54) is 0 Å². The van der Waals surface area contributed by atoms with Gasteiger partial charge in [-0.05, 0) is 31.6 Å². The van der Waals surface area contributed by atoms with Gasteiger partial charge in [0.05, 0.1) is 12.8 Å². The molecular weight excluding hydrogens is 214 g/mol. The highest BCUT2D eigenvalue weighted by Gasteiger charge is 2.37. The molecule has 0 bridgehead atoms. The van der Waals surface area contributed by atoms with E-state index in [9.17, 15) is 0 Å². The van der Waals surface area contributed by atoms with E-state index >= 15 is 0 Å². The molecule has 0 unspecified atom stereocenters. The first kappa shape index (κ1) is 12.3. The van der Waals surface area contributed by atoms with Gasteiger partial charge in [-0.15, -0.1) is 0 Å². The van der Waals surface area contributed by atoms with Crippen LogP contribution in [0.1, 0.15) is 50.3 Å². The molecule has 1 aliphatic carbocycles. The number of ether oxygens (including phenoxy) is 1. The Morgan fingerprint density at radius 2 is 2.12 bits per heavy atom. The summed E-state index contributed by atoms with van der Waals surface area (Å²) in [6.07, 6.45) is 5.76. The number of rotatable bonds is 5. The Labute approximate surface area is 103 Å². The molecule has 94 valence electrons. The van der Waals surface area contributed by atoms with Crippen LogP contribution in [-0.2, 0) is 6.42 Å². The Hall–Kier alpha value is -1.16. The van der Waals surface area contributed by atoms with Crippen molar-refractivity contribution in [1.29, 1.82) is 0 Å². The van der Waals surface area contributed by atoms with Crippen molar-refractivity contribution < 1.29 is 4.74 Å². The largest absolute Gasteiger partial charge is 0.481 e. The van der Waals surface area contributed by atoms with Crippen molar-refractivity contribution in [3.63, 3.8) is 0 Å². The summed E-state index contributed by atoms with van der Waals surface area (Å²) in [5, 5.41) is 0. The molecule has 17 heavy (non-hydrogen) atoms. The smallest absolute Gasteiger partial charge is 0.219 e. The van der Waals surface area contributed by atoms with E-state index in [4.69, 9.17) is 10.5 Å². The van der Waals surface area contributed by atoms with E-state index in [1.807, 2.05) is 0 Å². The van der Waals surface area contributed by atoms with Gasteiger partial charge in [0.25, 0.3) is 0 Å². The van der Waals surface area contributed by atoms with Crippen molar-refractivity contribution in [3.8, 4) is 5.88 Å². The molecule has 1 aromatic rings. The van der Waals surface area contributed by atoms with E-state index in [2.05, 4.69) is 23.8 Å². The molecule has 1 saturated carbocycles. The summed E-state index contributed by atoms with van der Waals surface area (Å²) in [7, 11) is 1.66. The average Bonchev–Trinajstić information content (AvgIpc) is 3.04. The zero-order valence-corrected chi connectivity index (χ0v) is 10.9. The molecule has 0 atom stereocenters. The summed E-state index contributed by atoms with van der Waals surface area (Å²) in [5.74, 6) is 1.09. The topological polar surface area (TPSA) is 61.0 Å². The minimum absolute atomic E-state index is 0.0646. The number of hydrogen-bond donors (Lipinski definition) is 1. The second-order valence-electron chi connectivity index (χ2n) is 5.26. The summed E-state index contributed by atoms with van der Waals surface area (Å²) in [6, 6.07) is 0. The van der Waals surface area contributed by atoms with Crippen LogP contribution in [0.3, 0.4) is 0 Å². The molecule has 0 radical (unpaired) electrons. The van der Waals surface area contributed by atoms with Gasteiger partial charge >= 0.3 is 0 Å². The van der Waals surface area contributed by atoms with Crippen LogP contribution in [0.5, 0.6) is 5.88 Å². The number of aromatic nitrogens is 2. The van der Waals surface area contributed by atoms with E-state index < -0.39 is 0 Å². The van der Waals surface area contributed by atoms with Crippen LogP contribution in [0, 0.1) is 0 Å². The van der Waals surface area contributed by atoms with Gasteiger partial charge in [-0.2, -0.15) is 0 Å². The maximum Gasteiger partial charge on any atom is 0.219 e. The maximum absolute atomic E-state index is 6.13. The van der Waals surface area contributed by atoms with Crippen molar-refractivity contribution in [2.75, 3.05) is 7.11 Å². The first-order chi connectivity index (χ1) is 8.06. The van der Waals surface area contributed by atoms with Crippen molar-refractivity contribution in [1.82, 2.24) is 9.97 Å². The molecule has 0 aromatic carbocycles.